The van der Waals surface area contributed by atoms with Gasteiger partial charge in [0.15, 0.2) is 0 Å². The van der Waals surface area contributed by atoms with E-state index in [-0.39, 0.29) is 23.8 Å². The fraction of sp³-hybridized carbons (Fsp3) is 0.600. The number of hydrogen-bond donors (Lipinski definition) is 1. The van der Waals surface area contributed by atoms with Crippen LogP contribution in [0.15, 0.2) is 12.1 Å². The average Bonchev–Trinajstić information content (AvgIpc) is 3.21. The van der Waals surface area contributed by atoms with Crippen molar-refractivity contribution in [1.29, 1.82) is 0 Å². The van der Waals surface area contributed by atoms with E-state index in [0.717, 1.165) is 22.1 Å². The van der Waals surface area contributed by atoms with Crippen molar-refractivity contribution in [3.05, 3.63) is 21.3 Å². The van der Waals surface area contributed by atoms with Gasteiger partial charge in [-0.1, -0.05) is 11.6 Å². The summed E-state index contributed by atoms with van der Waals surface area (Å²) in [5, 5.41) is 2.96. The molecule has 2 amide bonds. The lowest BCUT2D eigenvalue weighted by Crippen LogP contribution is -2.57. The van der Waals surface area contributed by atoms with Gasteiger partial charge in [-0.15, -0.1) is 11.3 Å². The number of nitrogens with one attached hydrogen (secondary N) is 1. The van der Waals surface area contributed by atoms with E-state index in [2.05, 4.69) is 5.32 Å². The summed E-state index contributed by atoms with van der Waals surface area (Å²) >= 11 is 7.49. The van der Waals surface area contributed by atoms with Crippen LogP contribution in [0.1, 0.15) is 44.0 Å². The first-order chi connectivity index (χ1) is 9.91. The lowest BCUT2D eigenvalue weighted by Gasteiger charge is -2.35. The summed E-state index contributed by atoms with van der Waals surface area (Å²) in [4.78, 5) is 27.9. The lowest BCUT2D eigenvalue weighted by atomic mass is 9.93. The van der Waals surface area contributed by atoms with E-state index in [0.29, 0.717) is 13.0 Å². The van der Waals surface area contributed by atoms with Crippen molar-refractivity contribution in [3.8, 4) is 0 Å². The zero-order chi connectivity index (χ0) is 15.2. The van der Waals surface area contributed by atoms with Crippen molar-refractivity contribution in [1.82, 2.24) is 10.2 Å². The molecule has 0 bridgehead atoms. The van der Waals surface area contributed by atoms with E-state index in [1.165, 1.54) is 11.3 Å². The molecule has 6 heteroatoms. The molecule has 1 aromatic rings. The fourth-order valence-corrected chi connectivity index (χ4v) is 4.17. The minimum absolute atomic E-state index is 0.0309. The van der Waals surface area contributed by atoms with Crippen LogP contribution in [0.3, 0.4) is 0 Å². The summed E-state index contributed by atoms with van der Waals surface area (Å²) < 4.78 is 0.721. The van der Waals surface area contributed by atoms with E-state index in [9.17, 15) is 9.59 Å². The highest BCUT2D eigenvalue weighted by Crippen LogP contribution is 2.43. The van der Waals surface area contributed by atoms with Crippen molar-refractivity contribution in [3.63, 3.8) is 0 Å². The molecule has 1 saturated carbocycles. The maximum absolute atomic E-state index is 13.0. The van der Waals surface area contributed by atoms with Crippen molar-refractivity contribution in [2.24, 2.45) is 5.92 Å². The summed E-state index contributed by atoms with van der Waals surface area (Å²) in [7, 11) is 0. The second-order valence-corrected chi connectivity index (χ2v) is 7.84. The summed E-state index contributed by atoms with van der Waals surface area (Å²) in [5.41, 5.74) is -0.747. The molecule has 114 valence electrons. The monoisotopic (exact) mass is 326 g/mol. The molecule has 2 atom stereocenters. The van der Waals surface area contributed by atoms with Crippen LogP contribution < -0.4 is 5.32 Å². The molecule has 2 heterocycles. The van der Waals surface area contributed by atoms with Crippen LogP contribution in [0.2, 0.25) is 4.34 Å². The van der Waals surface area contributed by atoms with Crippen molar-refractivity contribution < 1.29 is 9.59 Å². The normalized spacial score (nSPS) is 28.2. The molecule has 0 aromatic carbocycles. The van der Waals surface area contributed by atoms with Crippen LogP contribution in [0.5, 0.6) is 0 Å². The number of carbonyl (C=O) groups excluding carboxylic acids is 2. The summed E-state index contributed by atoms with van der Waals surface area (Å²) in [6.07, 6.45) is 2.38. The Labute approximate surface area is 133 Å². The van der Waals surface area contributed by atoms with E-state index in [1.54, 1.807) is 0 Å². The third kappa shape index (κ3) is 2.69. The summed E-state index contributed by atoms with van der Waals surface area (Å²) in [6, 6.07) is 3.75. The Hall–Kier alpha value is -1.07. The smallest absolute Gasteiger partial charge is 0.248 e. The molecule has 1 aliphatic carbocycles. The van der Waals surface area contributed by atoms with Crippen molar-refractivity contribution in [2.45, 2.75) is 44.7 Å². The zero-order valence-corrected chi connectivity index (χ0v) is 13.8. The van der Waals surface area contributed by atoms with E-state index in [4.69, 9.17) is 11.6 Å². The number of carbonyl (C=O) groups is 2. The van der Waals surface area contributed by atoms with Gasteiger partial charge in [-0.3, -0.25) is 9.59 Å². The Bertz CT molecular complexity index is 584. The quantitative estimate of drug-likeness (QED) is 0.928. The van der Waals surface area contributed by atoms with Crippen LogP contribution in [0.25, 0.3) is 0 Å². The van der Waals surface area contributed by atoms with Gasteiger partial charge in [-0.25, -0.2) is 0 Å². The zero-order valence-electron chi connectivity index (χ0n) is 12.2. The standard InChI is InChI=1S/C15H19ClN2O2S/c1-9(11-5-6-12(16)21-11)18-8-7-13(19)17-15(2,14(18)20)10-3-4-10/h5-6,9-10H,3-4,7-8H2,1-2H3,(H,17,19). The second-order valence-electron chi connectivity index (χ2n) is 6.09. The largest absolute Gasteiger partial charge is 0.342 e. The minimum atomic E-state index is -0.747. The second kappa shape index (κ2) is 5.29. The summed E-state index contributed by atoms with van der Waals surface area (Å²) in [5.74, 6) is 0.276. The van der Waals surface area contributed by atoms with Crippen LogP contribution in [0, 0.1) is 5.92 Å². The van der Waals surface area contributed by atoms with Gasteiger partial charge in [0.05, 0.1) is 10.4 Å². The number of thiophene rings is 1. The average molecular weight is 327 g/mol. The molecule has 4 nitrogen and oxygen atoms in total. The Morgan fingerprint density at radius 2 is 2.14 bits per heavy atom. The topological polar surface area (TPSA) is 49.4 Å². The molecule has 2 fully saturated rings. The van der Waals surface area contributed by atoms with Gasteiger partial charge >= 0.3 is 0 Å². The van der Waals surface area contributed by atoms with E-state index >= 15 is 0 Å². The SMILES string of the molecule is CC(c1ccc(Cl)s1)N1CCC(=O)NC(C)(C2CC2)C1=O. The highest BCUT2D eigenvalue weighted by atomic mass is 35.5. The third-order valence-corrected chi connectivity index (χ3v) is 5.95. The maximum Gasteiger partial charge on any atom is 0.248 e. The fourth-order valence-electron chi connectivity index (χ4n) is 3.04. The lowest BCUT2D eigenvalue weighted by molar-refractivity contribution is -0.140. The van der Waals surface area contributed by atoms with Gasteiger partial charge in [-0.2, -0.15) is 0 Å². The maximum atomic E-state index is 13.0. The number of hydrogen-bond acceptors (Lipinski definition) is 3. The van der Waals surface area contributed by atoms with Gasteiger partial charge < -0.3 is 10.2 Å². The molecule has 3 rings (SSSR count). The molecule has 2 aliphatic rings. The number of rotatable bonds is 3. The predicted molar refractivity (Wildman–Crippen MR) is 83.3 cm³/mol. The Balaban J connectivity index is 1.89. The van der Waals surface area contributed by atoms with Crippen molar-refractivity contribution in [2.75, 3.05) is 6.54 Å². The first-order valence-corrected chi connectivity index (χ1v) is 8.48. The van der Waals surface area contributed by atoms with E-state index < -0.39 is 5.54 Å². The number of nitrogens with zero attached hydrogens (tertiary/aromatic N) is 1. The van der Waals surface area contributed by atoms with Crippen LogP contribution >= 0.6 is 22.9 Å². The van der Waals surface area contributed by atoms with E-state index in [1.807, 2.05) is 30.9 Å². The number of halogens is 1. The molecule has 1 aromatic heterocycles. The van der Waals surface area contributed by atoms with Gasteiger partial charge in [0.2, 0.25) is 11.8 Å². The molecule has 2 unspecified atom stereocenters. The third-order valence-electron chi connectivity index (χ3n) is 4.55. The molecule has 1 N–H and O–H groups in total. The first-order valence-electron chi connectivity index (χ1n) is 7.29. The molecule has 0 spiro atoms. The Morgan fingerprint density at radius 3 is 2.71 bits per heavy atom. The van der Waals surface area contributed by atoms with Gasteiger partial charge in [-0.05, 0) is 44.7 Å². The van der Waals surface area contributed by atoms with Gasteiger partial charge in [0, 0.05) is 17.8 Å². The first kappa shape index (κ1) is 14.9. The van der Waals surface area contributed by atoms with Crippen molar-refractivity contribution >= 4 is 34.8 Å². The highest BCUT2D eigenvalue weighted by Gasteiger charge is 2.51. The molecule has 21 heavy (non-hydrogen) atoms. The van der Waals surface area contributed by atoms with Crippen LogP contribution in [-0.4, -0.2) is 28.8 Å². The van der Waals surface area contributed by atoms with Gasteiger partial charge in [0.25, 0.3) is 0 Å². The molecule has 1 aliphatic heterocycles. The summed E-state index contributed by atoms with van der Waals surface area (Å²) in [6.45, 7) is 4.34. The molecular formula is C15H19ClN2O2S. The molecular weight excluding hydrogens is 308 g/mol. The molecule has 0 radical (unpaired) electrons. The van der Waals surface area contributed by atoms with Crippen LogP contribution in [0.4, 0.5) is 0 Å². The van der Waals surface area contributed by atoms with Gasteiger partial charge in [0.1, 0.15) is 5.54 Å². The predicted octanol–water partition coefficient (Wildman–Crippen LogP) is 2.98. The Morgan fingerprint density at radius 1 is 1.43 bits per heavy atom. The number of amides is 2. The Kier molecular flexibility index (Phi) is 3.74. The minimum Gasteiger partial charge on any atom is -0.342 e. The van der Waals surface area contributed by atoms with Crippen LogP contribution in [-0.2, 0) is 9.59 Å². The molecule has 1 saturated heterocycles. The highest BCUT2D eigenvalue weighted by molar-refractivity contribution is 7.16.